The van der Waals surface area contributed by atoms with Crippen LogP contribution in [0.2, 0.25) is 0 Å². The van der Waals surface area contributed by atoms with Gasteiger partial charge in [0, 0.05) is 19.3 Å². The molecular weight excluding hydrogens is 424 g/mol. The zero-order chi connectivity index (χ0) is 23.3. The standard InChI is InChI=1S/C24H30N4O3S/c1-24(2,3)31-23(30)27(4)14-17-9-8-10-18(13-17)25-22(29)15-28-20-12-7-6-11-19(20)26-21(28)16-32-5/h6-13H,14-16H2,1-5H3,(H,25,29). The summed E-state index contributed by atoms with van der Waals surface area (Å²) in [6, 6.07) is 15.3. The number of rotatable bonds is 7. The summed E-state index contributed by atoms with van der Waals surface area (Å²) < 4.78 is 7.36. The molecule has 1 aromatic heterocycles. The number of nitrogens with one attached hydrogen (secondary N) is 1. The smallest absolute Gasteiger partial charge is 0.410 e. The van der Waals surface area contributed by atoms with E-state index in [-0.39, 0.29) is 18.5 Å². The number of amides is 2. The predicted octanol–water partition coefficient (Wildman–Crippen LogP) is 4.90. The van der Waals surface area contributed by atoms with Crippen LogP contribution in [0.5, 0.6) is 0 Å². The van der Waals surface area contributed by atoms with E-state index in [4.69, 9.17) is 4.74 Å². The summed E-state index contributed by atoms with van der Waals surface area (Å²) in [6.07, 6.45) is 1.63. The molecule has 8 heteroatoms. The normalized spacial score (nSPS) is 11.4. The first-order valence-electron chi connectivity index (χ1n) is 10.4. The van der Waals surface area contributed by atoms with Crippen LogP contribution in [0.3, 0.4) is 0 Å². The molecule has 0 bridgehead atoms. The Balaban J connectivity index is 1.68. The fourth-order valence-electron chi connectivity index (χ4n) is 3.31. The molecule has 0 fully saturated rings. The van der Waals surface area contributed by atoms with Gasteiger partial charge in [0.25, 0.3) is 0 Å². The maximum absolute atomic E-state index is 12.8. The first-order valence-corrected chi connectivity index (χ1v) is 11.8. The first kappa shape index (κ1) is 23.7. The Kier molecular flexibility index (Phi) is 7.45. The summed E-state index contributed by atoms with van der Waals surface area (Å²) in [5.74, 6) is 1.48. The predicted molar refractivity (Wildman–Crippen MR) is 130 cm³/mol. The molecule has 2 amide bonds. The van der Waals surface area contributed by atoms with E-state index in [1.807, 2.05) is 80.1 Å². The largest absolute Gasteiger partial charge is 0.444 e. The Morgan fingerprint density at radius 1 is 1.16 bits per heavy atom. The van der Waals surface area contributed by atoms with E-state index in [9.17, 15) is 9.59 Å². The van der Waals surface area contributed by atoms with Crippen LogP contribution in [-0.2, 0) is 28.4 Å². The van der Waals surface area contributed by atoms with Gasteiger partial charge in [-0.15, -0.1) is 0 Å². The number of hydrogen-bond donors (Lipinski definition) is 1. The lowest BCUT2D eigenvalue weighted by molar-refractivity contribution is -0.116. The third-order valence-corrected chi connectivity index (χ3v) is 5.19. The summed E-state index contributed by atoms with van der Waals surface area (Å²) in [5, 5.41) is 2.97. The molecule has 0 atom stereocenters. The lowest BCUT2D eigenvalue weighted by Crippen LogP contribution is -2.33. The van der Waals surface area contributed by atoms with Crippen molar-refractivity contribution in [3.63, 3.8) is 0 Å². The SMILES string of the molecule is CSCc1nc2ccccc2n1CC(=O)Nc1cccc(CN(C)C(=O)OC(C)(C)C)c1. The second-order valence-corrected chi connectivity index (χ2v) is 9.49. The molecule has 0 spiro atoms. The third-order valence-electron chi connectivity index (χ3n) is 4.64. The molecule has 0 aliphatic heterocycles. The molecule has 3 aromatic rings. The van der Waals surface area contributed by atoms with Crippen molar-refractivity contribution in [2.75, 3.05) is 18.6 Å². The number of thioether (sulfide) groups is 1. The van der Waals surface area contributed by atoms with E-state index in [0.717, 1.165) is 28.2 Å². The van der Waals surface area contributed by atoms with Gasteiger partial charge >= 0.3 is 6.09 Å². The second-order valence-electron chi connectivity index (χ2n) is 8.62. The van der Waals surface area contributed by atoms with Crippen molar-refractivity contribution in [1.29, 1.82) is 0 Å². The highest BCUT2D eigenvalue weighted by Gasteiger charge is 2.20. The van der Waals surface area contributed by atoms with Crippen LogP contribution < -0.4 is 5.32 Å². The maximum Gasteiger partial charge on any atom is 0.410 e. The second kappa shape index (κ2) is 10.1. The number of ether oxygens (including phenoxy) is 1. The minimum absolute atomic E-state index is 0.131. The Bertz CT molecular complexity index is 1100. The minimum Gasteiger partial charge on any atom is -0.444 e. The van der Waals surface area contributed by atoms with Crippen LogP contribution in [0.1, 0.15) is 32.2 Å². The van der Waals surface area contributed by atoms with Gasteiger partial charge in [-0.2, -0.15) is 11.8 Å². The number of para-hydroxylation sites is 2. The van der Waals surface area contributed by atoms with Gasteiger partial charge in [0.1, 0.15) is 18.0 Å². The van der Waals surface area contributed by atoms with E-state index in [0.29, 0.717) is 12.2 Å². The van der Waals surface area contributed by atoms with Gasteiger partial charge in [0.15, 0.2) is 0 Å². The molecule has 7 nitrogen and oxygen atoms in total. The lowest BCUT2D eigenvalue weighted by Gasteiger charge is -2.24. The van der Waals surface area contributed by atoms with Gasteiger partial charge in [-0.25, -0.2) is 9.78 Å². The van der Waals surface area contributed by atoms with Gasteiger partial charge in [-0.3, -0.25) is 4.79 Å². The molecule has 0 unspecified atom stereocenters. The summed E-state index contributed by atoms with van der Waals surface area (Å²) in [5.41, 5.74) is 2.86. The number of hydrogen-bond acceptors (Lipinski definition) is 5. The monoisotopic (exact) mass is 454 g/mol. The summed E-state index contributed by atoms with van der Waals surface area (Å²) >= 11 is 1.67. The number of anilines is 1. The number of carbonyl (C=O) groups is 2. The van der Waals surface area contributed by atoms with Crippen molar-refractivity contribution >= 4 is 40.5 Å². The van der Waals surface area contributed by atoms with Crippen LogP contribution >= 0.6 is 11.8 Å². The number of nitrogens with zero attached hydrogens (tertiary/aromatic N) is 3. The molecule has 170 valence electrons. The first-order chi connectivity index (χ1) is 15.2. The quantitative estimate of drug-likeness (QED) is 0.549. The highest BCUT2D eigenvalue weighted by atomic mass is 32.2. The molecular formula is C24H30N4O3S. The van der Waals surface area contributed by atoms with Crippen molar-refractivity contribution in [2.24, 2.45) is 0 Å². The Morgan fingerprint density at radius 2 is 1.91 bits per heavy atom. The zero-order valence-electron chi connectivity index (χ0n) is 19.2. The van der Waals surface area contributed by atoms with Gasteiger partial charge in [0.2, 0.25) is 5.91 Å². The van der Waals surface area contributed by atoms with Crippen LogP contribution in [0.4, 0.5) is 10.5 Å². The molecule has 0 saturated heterocycles. The Hall–Kier alpha value is -3.00. The molecule has 0 aliphatic rings. The van der Waals surface area contributed by atoms with Crippen molar-refractivity contribution in [2.45, 2.75) is 45.2 Å². The average molecular weight is 455 g/mol. The summed E-state index contributed by atoms with van der Waals surface area (Å²) in [6.45, 7) is 6.07. The number of fused-ring (bicyclic) bond motifs is 1. The number of benzene rings is 2. The fraction of sp³-hybridized carbons (Fsp3) is 0.375. The minimum atomic E-state index is -0.548. The van der Waals surface area contributed by atoms with E-state index in [2.05, 4.69) is 10.3 Å². The van der Waals surface area contributed by atoms with Crippen LogP contribution in [0.25, 0.3) is 11.0 Å². The number of imidazole rings is 1. The highest BCUT2D eigenvalue weighted by Crippen LogP contribution is 2.20. The van der Waals surface area contributed by atoms with E-state index in [1.54, 1.807) is 18.8 Å². The molecule has 3 rings (SSSR count). The lowest BCUT2D eigenvalue weighted by atomic mass is 10.2. The average Bonchev–Trinajstić information content (AvgIpc) is 3.04. The Morgan fingerprint density at radius 3 is 2.62 bits per heavy atom. The highest BCUT2D eigenvalue weighted by molar-refractivity contribution is 7.97. The van der Waals surface area contributed by atoms with Crippen LogP contribution in [-0.4, -0.2) is 45.4 Å². The van der Waals surface area contributed by atoms with Crippen molar-refractivity contribution in [1.82, 2.24) is 14.5 Å². The molecule has 0 saturated carbocycles. The van der Waals surface area contributed by atoms with Gasteiger partial charge in [0.05, 0.1) is 16.8 Å². The molecule has 0 aliphatic carbocycles. The molecule has 2 aromatic carbocycles. The molecule has 1 N–H and O–H groups in total. The van der Waals surface area contributed by atoms with Crippen molar-refractivity contribution < 1.29 is 14.3 Å². The van der Waals surface area contributed by atoms with Crippen LogP contribution in [0, 0.1) is 0 Å². The van der Waals surface area contributed by atoms with Gasteiger partial charge in [-0.1, -0.05) is 24.3 Å². The van der Waals surface area contributed by atoms with Gasteiger partial charge < -0.3 is 19.5 Å². The van der Waals surface area contributed by atoms with E-state index in [1.165, 1.54) is 4.90 Å². The fourth-order valence-corrected chi connectivity index (χ4v) is 3.79. The van der Waals surface area contributed by atoms with E-state index >= 15 is 0 Å². The zero-order valence-corrected chi connectivity index (χ0v) is 20.0. The summed E-state index contributed by atoms with van der Waals surface area (Å²) in [4.78, 5) is 31.2. The van der Waals surface area contributed by atoms with Crippen LogP contribution in [0.15, 0.2) is 48.5 Å². The number of carbonyl (C=O) groups excluding carboxylic acids is 2. The third kappa shape index (κ3) is 6.26. The molecule has 1 heterocycles. The Labute approximate surface area is 193 Å². The summed E-state index contributed by atoms with van der Waals surface area (Å²) in [7, 11) is 1.69. The molecule has 32 heavy (non-hydrogen) atoms. The van der Waals surface area contributed by atoms with Crippen molar-refractivity contribution in [3.05, 3.63) is 59.9 Å². The van der Waals surface area contributed by atoms with Crippen molar-refractivity contribution in [3.8, 4) is 0 Å². The molecule has 0 radical (unpaired) electrons. The van der Waals surface area contributed by atoms with E-state index < -0.39 is 5.60 Å². The maximum atomic E-state index is 12.8. The number of aromatic nitrogens is 2. The van der Waals surface area contributed by atoms with Gasteiger partial charge in [-0.05, 0) is 56.9 Å². The topological polar surface area (TPSA) is 76.5 Å².